The smallest absolute Gasteiger partial charge is 0.338 e. The summed E-state index contributed by atoms with van der Waals surface area (Å²) in [5.74, 6) is -0.856. The van der Waals surface area contributed by atoms with Crippen LogP contribution in [0.25, 0.3) is 0 Å². The second-order valence-electron chi connectivity index (χ2n) is 4.75. The lowest BCUT2D eigenvalue weighted by molar-refractivity contribution is -0.134. The number of ether oxygens (including phenoxy) is 1. The van der Waals surface area contributed by atoms with Gasteiger partial charge in [-0.1, -0.05) is 12.1 Å². The lowest BCUT2D eigenvalue weighted by Crippen LogP contribution is -2.34. The van der Waals surface area contributed by atoms with Crippen molar-refractivity contribution in [3.63, 3.8) is 0 Å². The third-order valence-corrected chi connectivity index (χ3v) is 3.17. The molecule has 0 saturated heterocycles. The normalized spacial score (nSPS) is 9.95. The molecule has 1 N–H and O–H groups in total. The van der Waals surface area contributed by atoms with Crippen LogP contribution in [0.1, 0.15) is 36.7 Å². The number of likely N-dealkylation sites (N-methyl/N-ethyl adjacent to an activating group) is 1. The van der Waals surface area contributed by atoms with Crippen LogP contribution in [0.3, 0.4) is 0 Å². The van der Waals surface area contributed by atoms with Crippen LogP contribution in [0.5, 0.6) is 0 Å². The Morgan fingerprint density at radius 1 is 1.09 bits per heavy atom. The van der Waals surface area contributed by atoms with Gasteiger partial charge in [-0.3, -0.25) is 9.59 Å². The van der Waals surface area contributed by atoms with E-state index in [1.165, 1.54) is 6.92 Å². The molecule has 2 amide bonds. The zero-order valence-electron chi connectivity index (χ0n) is 13.2. The van der Waals surface area contributed by atoms with Crippen LogP contribution >= 0.6 is 0 Å². The maximum Gasteiger partial charge on any atom is 0.338 e. The molecule has 0 radical (unpaired) electrons. The molecule has 0 aromatic heterocycles. The molecule has 0 aliphatic carbocycles. The second kappa shape index (κ2) is 8.81. The van der Waals surface area contributed by atoms with Crippen molar-refractivity contribution in [2.75, 3.05) is 19.7 Å². The first-order valence-electron chi connectivity index (χ1n) is 7.26. The minimum absolute atomic E-state index is 0.113. The van der Waals surface area contributed by atoms with Gasteiger partial charge < -0.3 is 15.0 Å². The zero-order chi connectivity index (χ0) is 16.5. The van der Waals surface area contributed by atoms with Gasteiger partial charge in [0.2, 0.25) is 5.91 Å². The Hall–Kier alpha value is -2.37. The van der Waals surface area contributed by atoms with Gasteiger partial charge in [-0.05, 0) is 31.5 Å². The van der Waals surface area contributed by atoms with Crippen molar-refractivity contribution in [3.05, 3.63) is 35.4 Å². The van der Waals surface area contributed by atoms with Crippen LogP contribution in [0.2, 0.25) is 0 Å². The Bertz CT molecular complexity index is 521. The van der Waals surface area contributed by atoms with Gasteiger partial charge in [0.15, 0.2) is 6.61 Å². The first-order valence-corrected chi connectivity index (χ1v) is 7.26. The number of amides is 2. The second-order valence-corrected chi connectivity index (χ2v) is 4.75. The van der Waals surface area contributed by atoms with Crippen LogP contribution in [-0.4, -0.2) is 42.4 Å². The van der Waals surface area contributed by atoms with E-state index in [2.05, 4.69) is 5.32 Å². The lowest BCUT2D eigenvalue weighted by atomic mass is 10.1. The fourth-order valence-electron chi connectivity index (χ4n) is 1.86. The molecule has 1 aromatic rings. The summed E-state index contributed by atoms with van der Waals surface area (Å²) in [6, 6.07) is 6.69. The van der Waals surface area contributed by atoms with Crippen molar-refractivity contribution < 1.29 is 19.1 Å². The van der Waals surface area contributed by atoms with E-state index in [1.807, 2.05) is 13.8 Å². The van der Waals surface area contributed by atoms with Gasteiger partial charge in [0.1, 0.15) is 0 Å². The summed E-state index contributed by atoms with van der Waals surface area (Å²) in [7, 11) is 0. The fourth-order valence-corrected chi connectivity index (χ4v) is 1.86. The maximum atomic E-state index is 11.9. The molecule has 0 aliphatic rings. The predicted octanol–water partition coefficient (Wildman–Crippen LogP) is 1.35. The van der Waals surface area contributed by atoms with E-state index in [0.717, 1.165) is 5.56 Å². The van der Waals surface area contributed by atoms with E-state index in [-0.39, 0.29) is 18.4 Å². The molecule has 0 saturated carbocycles. The van der Waals surface area contributed by atoms with E-state index in [0.29, 0.717) is 25.2 Å². The number of carbonyl (C=O) groups is 3. The number of esters is 1. The van der Waals surface area contributed by atoms with Crippen LogP contribution in [0.15, 0.2) is 24.3 Å². The number of nitrogens with one attached hydrogen (secondary N) is 1. The summed E-state index contributed by atoms with van der Waals surface area (Å²) in [6.45, 7) is 6.52. The molecule has 0 heterocycles. The molecule has 120 valence electrons. The molecule has 6 heteroatoms. The highest BCUT2D eigenvalue weighted by atomic mass is 16.5. The number of hydrogen-bond donors (Lipinski definition) is 1. The summed E-state index contributed by atoms with van der Waals surface area (Å²) < 4.78 is 5.01. The number of rotatable bonds is 7. The first kappa shape index (κ1) is 17.7. The molecule has 0 unspecified atom stereocenters. The Labute approximate surface area is 130 Å². The summed E-state index contributed by atoms with van der Waals surface area (Å²) in [6.07, 6.45) is 0. The van der Waals surface area contributed by atoms with Gasteiger partial charge in [0, 0.05) is 26.6 Å². The zero-order valence-corrected chi connectivity index (χ0v) is 13.2. The third kappa shape index (κ3) is 5.55. The van der Waals surface area contributed by atoms with Crippen molar-refractivity contribution in [3.8, 4) is 0 Å². The molecule has 0 fully saturated rings. The van der Waals surface area contributed by atoms with Crippen molar-refractivity contribution in [1.82, 2.24) is 10.2 Å². The van der Waals surface area contributed by atoms with Crippen LogP contribution < -0.4 is 5.32 Å². The van der Waals surface area contributed by atoms with Gasteiger partial charge in [-0.25, -0.2) is 4.79 Å². The average Bonchev–Trinajstić information content (AvgIpc) is 2.52. The van der Waals surface area contributed by atoms with Gasteiger partial charge in [-0.15, -0.1) is 0 Å². The largest absolute Gasteiger partial charge is 0.452 e. The summed E-state index contributed by atoms with van der Waals surface area (Å²) in [4.78, 5) is 36.0. The van der Waals surface area contributed by atoms with E-state index in [1.54, 1.807) is 29.2 Å². The number of hydrogen-bond acceptors (Lipinski definition) is 4. The van der Waals surface area contributed by atoms with E-state index < -0.39 is 5.97 Å². The molecule has 1 rings (SSSR count). The summed E-state index contributed by atoms with van der Waals surface area (Å²) in [5.41, 5.74) is 1.25. The fraction of sp³-hybridized carbons (Fsp3) is 0.438. The third-order valence-electron chi connectivity index (χ3n) is 3.17. The predicted molar refractivity (Wildman–Crippen MR) is 82.2 cm³/mol. The molecular weight excluding hydrogens is 284 g/mol. The topological polar surface area (TPSA) is 75.7 Å². The number of benzene rings is 1. The first-order chi connectivity index (χ1) is 10.5. The van der Waals surface area contributed by atoms with E-state index in [4.69, 9.17) is 4.74 Å². The quantitative estimate of drug-likeness (QED) is 0.772. The minimum atomic E-state index is -0.536. The van der Waals surface area contributed by atoms with Crippen molar-refractivity contribution in [2.45, 2.75) is 27.3 Å². The Balaban J connectivity index is 2.52. The minimum Gasteiger partial charge on any atom is -0.452 e. The highest BCUT2D eigenvalue weighted by Crippen LogP contribution is 2.06. The van der Waals surface area contributed by atoms with Gasteiger partial charge >= 0.3 is 5.97 Å². The molecule has 0 spiro atoms. The van der Waals surface area contributed by atoms with Crippen LogP contribution in [0, 0.1) is 0 Å². The van der Waals surface area contributed by atoms with Crippen molar-refractivity contribution in [1.29, 1.82) is 0 Å². The Morgan fingerprint density at radius 2 is 1.68 bits per heavy atom. The van der Waals surface area contributed by atoms with Gasteiger partial charge in [0.25, 0.3) is 5.91 Å². The highest BCUT2D eigenvalue weighted by molar-refractivity contribution is 5.91. The Morgan fingerprint density at radius 3 is 2.18 bits per heavy atom. The van der Waals surface area contributed by atoms with E-state index in [9.17, 15) is 14.4 Å². The molecular formula is C16H22N2O4. The standard InChI is InChI=1S/C16H22N2O4/c1-4-18(5-2)15(20)11-22-16(21)14-8-6-13(7-9-14)10-17-12(3)19/h6-9H,4-5,10-11H2,1-3H3,(H,17,19). The molecule has 0 bridgehead atoms. The lowest BCUT2D eigenvalue weighted by Gasteiger charge is -2.18. The van der Waals surface area contributed by atoms with Gasteiger partial charge in [-0.2, -0.15) is 0 Å². The van der Waals surface area contributed by atoms with Crippen molar-refractivity contribution >= 4 is 17.8 Å². The molecule has 0 aliphatic heterocycles. The maximum absolute atomic E-state index is 11.9. The monoisotopic (exact) mass is 306 g/mol. The van der Waals surface area contributed by atoms with Gasteiger partial charge in [0.05, 0.1) is 5.56 Å². The Kier molecular flexibility index (Phi) is 7.08. The van der Waals surface area contributed by atoms with Crippen LogP contribution in [-0.2, 0) is 20.9 Å². The SMILES string of the molecule is CCN(CC)C(=O)COC(=O)c1ccc(CNC(C)=O)cc1. The summed E-state index contributed by atoms with van der Waals surface area (Å²) in [5, 5.41) is 2.67. The molecule has 0 atom stereocenters. The van der Waals surface area contributed by atoms with Crippen LogP contribution in [0.4, 0.5) is 0 Å². The number of carbonyl (C=O) groups excluding carboxylic acids is 3. The molecule has 6 nitrogen and oxygen atoms in total. The summed E-state index contributed by atoms with van der Waals surface area (Å²) >= 11 is 0. The van der Waals surface area contributed by atoms with Crippen molar-refractivity contribution in [2.24, 2.45) is 0 Å². The highest BCUT2D eigenvalue weighted by Gasteiger charge is 2.13. The molecule has 1 aromatic carbocycles. The number of nitrogens with zero attached hydrogens (tertiary/aromatic N) is 1. The van der Waals surface area contributed by atoms with E-state index >= 15 is 0 Å². The molecule has 22 heavy (non-hydrogen) atoms. The average molecular weight is 306 g/mol.